The third-order valence-electron chi connectivity index (χ3n) is 3.63. The minimum atomic E-state index is 0.176. The number of methoxy groups -OCH3 is 1. The van der Waals surface area contributed by atoms with Gasteiger partial charge in [-0.2, -0.15) is 0 Å². The second-order valence-corrected chi connectivity index (χ2v) is 6.10. The zero-order chi connectivity index (χ0) is 15.4. The van der Waals surface area contributed by atoms with Crippen molar-refractivity contribution in [2.45, 2.75) is 26.8 Å². The zero-order valence-corrected chi connectivity index (χ0v) is 14.6. The van der Waals surface area contributed by atoms with Gasteiger partial charge in [0.1, 0.15) is 5.75 Å². The molecular weight excluding hydrogens is 326 g/mol. The molecule has 112 valence electrons. The molecule has 0 bridgehead atoms. The van der Waals surface area contributed by atoms with Crippen molar-refractivity contribution in [3.63, 3.8) is 0 Å². The molecule has 1 N–H and O–H groups in total. The van der Waals surface area contributed by atoms with Gasteiger partial charge >= 0.3 is 0 Å². The lowest BCUT2D eigenvalue weighted by Crippen LogP contribution is -2.22. The van der Waals surface area contributed by atoms with Crippen LogP contribution in [-0.2, 0) is 0 Å². The first kappa shape index (κ1) is 16.1. The van der Waals surface area contributed by atoms with E-state index in [1.54, 1.807) is 7.11 Å². The van der Waals surface area contributed by atoms with E-state index in [1.807, 2.05) is 6.07 Å². The second-order valence-electron chi connectivity index (χ2n) is 5.24. The molecule has 0 aliphatic carbocycles. The van der Waals surface area contributed by atoms with E-state index >= 15 is 0 Å². The Balaban J connectivity index is 2.45. The van der Waals surface area contributed by atoms with E-state index in [-0.39, 0.29) is 6.04 Å². The lowest BCUT2D eigenvalue weighted by atomic mass is 9.96. The van der Waals surface area contributed by atoms with Crippen LogP contribution in [0.1, 0.15) is 35.2 Å². The third-order valence-corrected chi connectivity index (χ3v) is 4.31. The lowest BCUT2D eigenvalue weighted by Gasteiger charge is -2.21. The van der Waals surface area contributed by atoms with E-state index in [0.717, 1.165) is 22.3 Å². The van der Waals surface area contributed by atoms with Gasteiger partial charge in [-0.3, -0.25) is 0 Å². The van der Waals surface area contributed by atoms with Crippen LogP contribution in [0.4, 0.5) is 0 Å². The molecule has 0 aliphatic heterocycles. The van der Waals surface area contributed by atoms with E-state index in [0.29, 0.717) is 0 Å². The Bertz CT molecular complexity index is 625. The predicted molar refractivity (Wildman–Crippen MR) is 92.1 cm³/mol. The van der Waals surface area contributed by atoms with Gasteiger partial charge in [0.15, 0.2) is 0 Å². The standard InChI is InChI=1S/C18H22BrNO/c1-5-20-18(15-8-6-12(2)10-16(15)19)14-7-9-17(21-4)13(3)11-14/h6-11,18,20H,5H2,1-4H3. The Kier molecular flexibility index (Phi) is 5.43. The Morgan fingerprint density at radius 1 is 1.14 bits per heavy atom. The van der Waals surface area contributed by atoms with Gasteiger partial charge in [-0.25, -0.2) is 0 Å². The predicted octanol–water partition coefficient (Wildman–Crippen LogP) is 4.77. The third kappa shape index (κ3) is 3.66. The first-order valence-corrected chi connectivity index (χ1v) is 8.00. The maximum absolute atomic E-state index is 5.36. The fourth-order valence-corrected chi connectivity index (χ4v) is 3.28. The van der Waals surface area contributed by atoms with Gasteiger partial charge in [-0.1, -0.05) is 47.1 Å². The van der Waals surface area contributed by atoms with Crippen LogP contribution >= 0.6 is 15.9 Å². The van der Waals surface area contributed by atoms with E-state index in [9.17, 15) is 0 Å². The molecule has 0 aliphatic rings. The number of hydrogen-bond donors (Lipinski definition) is 1. The highest BCUT2D eigenvalue weighted by Crippen LogP contribution is 2.31. The molecule has 0 fully saturated rings. The molecule has 2 rings (SSSR count). The van der Waals surface area contributed by atoms with Crippen molar-refractivity contribution in [1.29, 1.82) is 0 Å². The monoisotopic (exact) mass is 347 g/mol. The van der Waals surface area contributed by atoms with Crippen LogP contribution in [0, 0.1) is 13.8 Å². The summed E-state index contributed by atoms with van der Waals surface area (Å²) in [6.07, 6.45) is 0. The van der Waals surface area contributed by atoms with E-state index in [2.05, 4.69) is 72.3 Å². The molecule has 2 aromatic carbocycles. The minimum Gasteiger partial charge on any atom is -0.496 e. The average molecular weight is 348 g/mol. The van der Waals surface area contributed by atoms with Crippen molar-refractivity contribution in [2.75, 3.05) is 13.7 Å². The molecule has 0 aromatic heterocycles. The summed E-state index contributed by atoms with van der Waals surface area (Å²) in [6.45, 7) is 7.23. The molecule has 0 saturated carbocycles. The van der Waals surface area contributed by atoms with Crippen molar-refractivity contribution in [3.05, 3.63) is 63.1 Å². The fraction of sp³-hybridized carbons (Fsp3) is 0.333. The molecule has 2 nitrogen and oxygen atoms in total. The van der Waals surface area contributed by atoms with E-state index in [4.69, 9.17) is 4.74 Å². The Morgan fingerprint density at radius 3 is 2.48 bits per heavy atom. The van der Waals surface area contributed by atoms with Crippen molar-refractivity contribution < 1.29 is 4.74 Å². The molecular formula is C18H22BrNO. The number of aryl methyl sites for hydroxylation is 2. The maximum Gasteiger partial charge on any atom is 0.121 e. The van der Waals surface area contributed by atoms with Gasteiger partial charge in [-0.15, -0.1) is 0 Å². The van der Waals surface area contributed by atoms with E-state index < -0.39 is 0 Å². The molecule has 1 atom stereocenters. The molecule has 0 amide bonds. The van der Waals surface area contributed by atoms with Gasteiger partial charge in [-0.05, 0) is 54.8 Å². The van der Waals surface area contributed by atoms with Crippen LogP contribution in [0.3, 0.4) is 0 Å². The smallest absolute Gasteiger partial charge is 0.121 e. The van der Waals surface area contributed by atoms with Crippen molar-refractivity contribution in [3.8, 4) is 5.75 Å². The summed E-state index contributed by atoms with van der Waals surface area (Å²) in [5, 5.41) is 3.57. The molecule has 0 saturated heterocycles. The van der Waals surface area contributed by atoms with Crippen LogP contribution in [0.5, 0.6) is 5.75 Å². The number of benzene rings is 2. The maximum atomic E-state index is 5.36. The summed E-state index contributed by atoms with van der Waals surface area (Å²) in [5.74, 6) is 0.928. The molecule has 0 spiro atoms. The topological polar surface area (TPSA) is 21.3 Å². The number of rotatable bonds is 5. The average Bonchev–Trinajstić information content (AvgIpc) is 2.45. The minimum absolute atomic E-state index is 0.176. The summed E-state index contributed by atoms with van der Waals surface area (Å²) in [6, 6.07) is 13.0. The van der Waals surface area contributed by atoms with Gasteiger partial charge in [0, 0.05) is 4.47 Å². The Labute approximate surface area is 135 Å². The SMILES string of the molecule is CCNC(c1ccc(OC)c(C)c1)c1ccc(C)cc1Br. The Morgan fingerprint density at radius 2 is 1.90 bits per heavy atom. The van der Waals surface area contributed by atoms with Gasteiger partial charge in [0.2, 0.25) is 0 Å². The summed E-state index contributed by atoms with van der Waals surface area (Å²) in [7, 11) is 1.71. The van der Waals surface area contributed by atoms with Crippen molar-refractivity contribution >= 4 is 15.9 Å². The lowest BCUT2D eigenvalue weighted by molar-refractivity contribution is 0.411. The van der Waals surface area contributed by atoms with Crippen LogP contribution in [-0.4, -0.2) is 13.7 Å². The summed E-state index contributed by atoms with van der Waals surface area (Å²) in [4.78, 5) is 0. The molecule has 2 aromatic rings. The summed E-state index contributed by atoms with van der Waals surface area (Å²) in [5.41, 5.74) is 4.92. The quantitative estimate of drug-likeness (QED) is 0.840. The number of ether oxygens (including phenoxy) is 1. The highest BCUT2D eigenvalue weighted by molar-refractivity contribution is 9.10. The highest BCUT2D eigenvalue weighted by atomic mass is 79.9. The van der Waals surface area contributed by atoms with Crippen LogP contribution in [0.15, 0.2) is 40.9 Å². The first-order valence-electron chi connectivity index (χ1n) is 7.20. The Hall–Kier alpha value is -1.32. The molecule has 21 heavy (non-hydrogen) atoms. The molecule has 0 radical (unpaired) electrons. The summed E-state index contributed by atoms with van der Waals surface area (Å²) >= 11 is 3.70. The van der Waals surface area contributed by atoms with Crippen LogP contribution in [0.25, 0.3) is 0 Å². The van der Waals surface area contributed by atoms with Crippen molar-refractivity contribution in [1.82, 2.24) is 5.32 Å². The van der Waals surface area contributed by atoms with Gasteiger partial charge in [0.05, 0.1) is 13.2 Å². The molecule has 1 unspecified atom stereocenters. The fourth-order valence-electron chi connectivity index (χ4n) is 2.56. The van der Waals surface area contributed by atoms with Crippen LogP contribution < -0.4 is 10.1 Å². The molecule has 3 heteroatoms. The van der Waals surface area contributed by atoms with Gasteiger partial charge < -0.3 is 10.1 Å². The highest BCUT2D eigenvalue weighted by Gasteiger charge is 2.16. The van der Waals surface area contributed by atoms with Crippen molar-refractivity contribution in [2.24, 2.45) is 0 Å². The first-order chi connectivity index (χ1) is 10.1. The van der Waals surface area contributed by atoms with Gasteiger partial charge in [0.25, 0.3) is 0 Å². The van der Waals surface area contributed by atoms with E-state index in [1.165, 1.54) is 16.7 Å². The molecule has 0 heterocycles. The second kappa shape index (κ2) is 7.10. The summed E-state index contributed by atoms with van der Waals surface area (Å²) < 4.78 is 6.50. The number of halogens is 1. The number of hydrogen-bond acceptors (Lipinski definition) is 2. The number of nitrogens with one attached hydrogen (secondary N) is 1. The largest absolute Gasteiger partial charge is 0.496 e. The normalized spacial score (nSPS) is 12.2. The van der Waals surface area contributed by atoms with Crippen LogP contribution in [0.2, 0.25) is 0 Å². The zero-order valence-electron chi connectivity index (χ0n) is 13.0.